The van der Waals surface area contributed by atoms with Crippen LogP contribution in [0.2, 0.25) is 0 Å². The minimum Gasteiger partial charge on any atom is -1.00 e. The Morgan fingerprint density at radius 2 is 1.11 bits per heavy atom. The van der Waals surface area contributed by atoms with Crippen molar-refractivity contribution in [3.05, 3.63) is 88.7 Å². The number of halogens is 1. The maximum absolute atomic E-state index is 4.95. The number of hydrogen-bond donors (Lipinski definition) is 0. The molecule has 0 unspecified atom stereocenters. The number of benzene rings is 2. The van der Waals surface area contributed by atoms with Crippen molar-refractivity contribution >= 4 is 23.3 Å². The number of rotatable bonds is 7. The van der Waals surface area contributed by atoms with Gasteiger partial charge in [0.15, 0.2) is 0 Å². The van der Waals surface area contributed by atoms with Crippen molar-refractivity contribution in [3.63, 3.8) is 0 Å². The van der Waals surface area contributed by atoms with E-state index in [1.807, 2.05) is 19.2 Å². The smallest absolute Gasteiger partial charge is 1.00 e. The van der Waals surface area contributed by atoms with Gasteiger partial charge in [-0.05, 0) is 47.8 Å². The maximum atomic E-state index is 4.95. The standard InChI is InChI=1S/C19H24N2.C14H20N.ClH.Cr/c1-13(2)17-9-6-10-18(14(3)4)19(17)21-15(5)16-8-7-11-20-12-16;1-6-15-14-12(10(2)3)8-7-9-13(14)11(4)5;;/h6-14H,1-5H3;7-11H,1-5H3;1H;/q;-1;;+2/p-1. The summed E-state index contributed by atoms with van der Waals surface area (Å²) in [4.78, 5) is 13.5. The molecule has 0 saturated heterocycles. The molecule has 0 amide bonds. The van der Waals surface area contributed by atoms with E-state index < -0.39 is 0 Å². The summed E-state index contributed by atoms with van der Waals surface area (Å²) in [6.07, 6.45) is 6.56. The van der Waals surface area contributed by atoms with Crippen molar-refractivity contribution in [1.29, 1.82) is 0 Å². The van der Waals surface area contributed by atoms with Gasteiger partial charge in [-0.1, -0.05) is 104 Å². The molecule has 0 fully saturated rings. The number of hydrogen-bond acceptors (Lipinski definition) is 3. The van der Waals surface area contributed by atoms with Crippen LogP contribution in [0.5, 0.6) is 0 Å². The monoisotopic (exact) mass is 569 g/mol. The van der Waals surface area contributed by atoms with Crippen molar-refractivity contribution in [1.82, 2.24) is 4.98 Å². The number of para-hydroxylation sites is 2. The van der Waals surface area contributed by atoms with Crippen LogP contribution in [0, 0.1) is 0 Å². The van der Waals surface area contributed by atoms with Crippen LogP contribution >= 0.6 is 0 Å². The minimum atomic E-state index is 0. The van der Waals surface area contributed by atoms with Gasteiger partial charge in [0.2, 0.25) is 0 Å². The molecular formula is C33H44ClCrN3. The Kier molecular flexibility index (Phi) is 16.3. The first kappa shape index (κ1) is 35.8. The van der Waals surface area contributed by atoms with Gasteiger partial charge in [-0.15, -0.1) is 18.1 Å². The molecule has 5 heteroatoms. The van der Waals surface area contributed by atoms with Crippen molar-refractivity contribution in [3.8, 4) is 0 Å². The van der Waals surface area contributed by atoms with Crippen molar-refractivity contribution in [2.45, 2.75) is 92.9 Å². The summed E-state index contributed by atoms with van der Waals surface area (Å²) in [5.74, 6) is 1.94. The number of nitrogens with zero attached hydrogens (tertiary/aromatic N) is 3. The summed E-state index contributed by atoms with van der Waals surface area (Å²) < 4.78 is 0. The summed E-state index contributed by atoms with van der Waals surface area (Å²) in [5, 5.41) is 0. The second-order valence-electron chi connectivity index (χ2n) is 10.5. The predicted molar refractivity (Wildman–Crippen MR) is 158 cm³/mol. The van der Waals surface area contributed by atoms with Crippen LogP contribution in [0.4, 0.5) is 11.4 Å². The Bertz CT molecular complexity index is 1110. The summed E-state index contributed by atoms with van der Waals surface area (Å²) in [6, 6.07) is 17.0. The molecule has 3 rings (SSSR count). The molecule has 0 bridgehead atoms. The van der Waals surface area contributed by atoms with Gasteiger partial charge in [0.05, 0.1) is 5.69 Å². The zero-order chi connectivity index (χ0) is 26.8. The van der Waals surface area contributed by atoms with Crippen LogP contribution in [0.1, 0.15) is 121 Å². The van der Waals surface area contributed by atoms with Gasteiger partial charge in [-0.3, -0.25) is 9.98 Å². The van der Waals surface area contributed by atoms with E-state index in [2.05, 4.69) is 121 Å². The van der Waals surface area contributed by atoms with Crippen LogP contribution < -0.4 is 12.4 Å². The fourth-order valence-corrected chi connectivity index (χ4v) is 4.20. The van der Waals surface area contributed by atoms with E-state index in [4.69, 9.17) is 4.99 Å². The van der Waals surface area contributed by atoms with Gasteiger partial charge in [-0.2, -0.15) is 6.21 Å². The second kappa shape index (κ2) is 17.4. The molecule has 204 valence electrons. The molecule has 0 aliphatic rings. The van der Waals surface area contributed by atoms with Crippen LogP contribution in [-0.2, 0) is 17.4 Å². The molecule has 3 aromatic rings. The Hall–Kier alpha value is -2.25. The quantitative estimate of drug-likeness (QED) is 0.223. The Morgan fingerprint density at radius 1 is 0.684 bits per heavy atom. The van der Waals surface area contributed by atoms with Gasteiger partial charge < -0.3 is 17.4 Å². The van der Waals surface area contributed by atoms with E-state index in [9.17, 15) is 0 Å². The fraction of sp³-hybridized carbons (Fsp3) is 0.424. The van der Waals surface area contributed by atoms with E-state index in [1.165, 1.54) is 22.3 Å². The van der Waals surface area contributed by atoms with E-state index in [0.717, 1.165) is 22.6 Å². The molecule has 0 aliphatic heterocycles. The van der Waals surface area contributed by atoms with Crippen molar-refractivity contribution in [2.24, 2.45) is 9.98 Å². The second-order valence-corrected chi connectivity index (χ2v) is 10.5. The third-order valence-electron chi connectivity index (χ3n) is 6.27. The molecule has 0 N–H and O–H groups in total. The first-order valence-electron chi connectivity index (χ1n) is 13.2. The molecule has 0 radical (unpaired) electrons. The van der Waals surface area contributed by atoms with Gasteiger partial charge in [0, 0.05) is 23.7 Å². The molecule has 1 heterocycles. The van der Waals surface area contributed by atoms with Crippen LogP contribution in [0.15, 0.2) is 70.9 Å². The van der Waals surface area contributed by atoms with E-state index >= 15 is 0 Å². The summed E-state index contributed by atoms with van der Waals surface area (Å²) >= 11 is 0. The largest absolute Gasteiger partial charge is 2.00 e. The Balaban J connectivity index is 0.000000720. The fourth-order valence-electron chi connectivity index (χ4n) is 4.20. The normalized spacial score (nSPS) is 11.5. The summed E-state index contributed by atoms with van der Waals surface area (Å²) in [5.41, 5.74) is 9.58. The third kappa shape index (κ3) is 9.81. The minimum absolute atomic E-state index is 0. The van der Waals surface area contributed by atoms with Crippen LogP contribution in [-0.4, -0.2) is 16.9 Å². The summed E-state index contributed by atoms with van der Waals surface area (Å²) in [6.45, 7) is 21.6. The molecule has 2 aromatic carbocycles. The third-order valence-corrected chi connectivity index (χ3v) is 6.27. The van der Waals surface area contributed by atoms with Crippen molar-refractivity contribution < 1.29 is 29.8 Å². The average molecular weight is 570 g/mol. The zero-order valence-electron chi connectivity index (χ0n) is 24.7. The maximum Gasteiger partial charge on any atom is 2.00 e. The molecule has 38 heavy (non-hydrogen) atoms. The first-order chi connectivity index (χ1) is 17.1. The zero-order valence-corrected chi connectivity index (χ0v) is 26.7. The predicted octanol–water partition coefficient (Wildman–Crippen LogP) is 7.00. The molecule has 3 nitrogen and oxygen atoms in total. The molecule has 0 saturated carbocycles. The summed E-state index contributed by atoms with van der Waals surface area (Å²) in [7, 11) is 0. The van der Waals surface area contributed by atoms with Crippen LogP contribution in [0.3, 0.4) is 0 Å². The molecule has 0 aliphatic carbocycles. The van der Waals surface area contributed by atoms with E-state index in [-0.39, 0.29) is 29.8 Å². The van der Waals surface area contributed by atoms with Crippen molar-refractivity contribution in [2.75, 3.05) is 0 Å². The first-order valence-corrected chi connectivity index (χ1v) is 13.2. The van der Waals surface area contributed by atoms with E-state index in [1.54, 1.807) is 6.20 Å². The topological polar surface area (TPSA) is 37.6 Å². The van der Waals surface area contributed by atoms with Gasteiger partial charge in [0.1, 0.15) is 0 Å². The van der Waals surface area contributed by atoms with Gasteiger partial charge in [-0.25, -0.2) is 0 Å². The number of pyridine rings is 1. The van der Waals surface area contributed by atoms with Crippen LogP contribution in [0.25, 0.3) is 0 Å². The SMILES string of the molecule is CC(=Nc1c(C(C)C)cccc1C(C)C)c1cccnc1.C[C-]=Nc1c(C(C)C)cccc1C(C)C.[Cl-].[Cr+2]. The number of aliphatic imine (C=N–C) groups is 2. The molecular weight excluding hydrogens is 526 g/mol. The van der Waals surface area contributed by atoms with Gasteiger partial charge in [0.25, 0.3) is 0 Å². The Morgan fingerprint density at radius 3 is 1.45 bits per heavy atom. The van der Waals surface area contributed by atoms with E-state index in [0.29, 0.717) is 23.7 Å². The molecule has 1 aromatic heterocycles. The molecule has 0 spiro atoms. The number of aromatic nitrogens is 1. The van der Waals surface area contributed by atoms with Gasteiger partial charge >= 0.3 is 17.4 Å². The Labute approximate surface area is 248 Å². The average Bonchev–Trinajstić information content (AvgIpc) is 2.84. The molecule has 0 atom stereocenters.